The molecular formula is C11H8BrF5O2. The highest BCUT2D eigenvalue weighted by atomic mass is 79.9. The summed E-state index contributed by atoms with van der Waals surface area (Å²) in [5, 5.41) is -0.0174. The number of carbonyl (C=O) groups excluding carboxylic acids is 1. The molecule has 0 fully saturated rings. The number of rotatable bonds is 5. The predicted octanol–water partition coefficient (Wildman–Crippen LogP) is 4.03. The molecule has 8 heteroatoms. The monoisotopic (exact) mass is 346 g/mol. The molecule has 0 spiro atoms. The van der Waals surface area contributed by atoms with Crippen LogP contribution in [0.5, 0.6) is 5.75 Å². The molecule has 0 aliphatic rings. The zero-order valence-corrected chi connectivity index (χ0v) is 10.9. The van der Waals surface area contributed by atoms with Crippen LogP contribution in [0.1, 0.15) is 17.6 Å². The largest absolute Gasteiger partial charge is 0.573 e. The van der Waals surface area contributed by atoms with Gasteiger partial charge in [-0.3, -0.25) is 4.79 Å². The second-order valence-corrected chi connectivity index (χ2v) is 4.12. The van der Waals surface area contributed by atoms with Gasteiger partial charge in [0.1, 0.15) is 11.5 Å². The molecule has 0 unspecified atom stereocenters. The van der Waals surface area contributed by atoms with Gasteiger partial charge in [-0.2, -0.15) is 0 Å². The van der Waals surface area contributed by atoms with Crippen LogP contribution in [-0.4, -0.2) is 17.5 Å². The van der Waals surface area contributed by atoms with Crippen molar-refractivity contribution in [2.45, 2.75) is 19.2 Å². The SMILES string of the molecule is O=C(CBr)Cc1ccc(OC(F)(F)F)cc1C(F)F. The van der Waals surface area contributed by atoms with Gasteiger partial charge in [0.05, 0.1) is 5.33 Å². The summed E-state index contributed by atoms with van der Waals surface area (Å²) in [6.07, 6.45) is -8.22. The number of halogens is 6. The molecular weight excluding hydrogens is 339 g/mol. The smallest absolute Gasteiger partial charge is 0.406 e. The lowest BCUT2D eigenvalue weighted by molar-refractivity contribution is -0.274. The van der Waals surface area contributed by atoms with Gasteiger partial charge in [-0.15, -0.1) is 13.2 Å². The molecule has 0 aliphatic carbocycles. The number of carbonyl (C=O) groups is 1. The lowest BCUT2D eigenvalue weighted by atomic mass is 10.0. The Labute approximate surface area is 113 Å². The molecule has 0 saturated carbocycles. The molecule has 19 heavy (non-hydrogen) atoms. The molecule has 0 N–H and O–H groups in total. The van der Waals surface area contributed by atoms with Crippen molar-refractivity contribution >= 4 is 21.7 Å². The summed E-state index contributed by atoms with van der Waals surface area (Å²) in [7, 11) is 0. The fraction of sp³-hybridized carbons (Fsp3) is 0.364. The van der Waals surface area contributed by atoms with Crippen molar-refractivity contribution in [3.63, 3.8) is 0 Å². The van der Waals surface area contributed by atoms with E-state index in [0.717, 1.165) is 12.1 Å². The van der Waals surface area contributed by atoms with Gasteiger partial charge in [0.2, 0.25) is 0 Å². The van der Waals surface area contributed by atoms with Crippen LogP contribution in [0.15, 0.2) is 18.2 Å². The molecule has 0 atom stereocenters. The second-order valence-electron chi connectivity index (χ2n) is 3.56. The van der Waals surface area contributed by atoms with Crippen LogP contribution in [0.4, 0.5) is 22.0 Å². The quantitative estimate of drug-likeness (QED) is 0.594. The van der Waals surface area contributed by atoms with E-state index in [1.165, 1.54) is 0 Å². The van der Waals surface area contributed by atoms with Crippen LogP contribution in [-0.2, 0) is 11.2 Å². The second kappa shape index (κ2) is 6.31. The molecule has 0 bridgehead atoms. The third-order valence-corrected chi connectivity index (χ3v) is 2.75. The summed E-state index contributed by atoms with van der Waals surface area (Å²) in [6, 6.07) is 2.52. The van der Waals surface area contributed by atoms with Gasteiger partial charge in [-0.05, 0) is 17.7 Å². The number of benzene rings is 1. The molecule has 106 valence electrons. The molecule has 1 rings (SSSR count). The Morgan fingerprint density at radius 3 is 2.42 bits per heavy atom. The van der Waals surface area contributed by atoms with Crippen LogP contribution < -0.4 is 4.74 Å². The first kappa shape index (κ1) is 15.9. The topological polar surface area (TPSA) is 26.3 Å². The standard InChI is InChI=1S/C11H8BrF5O2/c12-5-7(18)3-6-1-2-8(19-11(15,16)17)4-9(6)10(13)14/h1-2,4,10H,3,5H2. The summed E-state index contributed by atoms with van der Waals surface area (Å²) in [5.74, 6) is -1.09. The minimum absolute atomic E-state index is 0.0174. The van der Waals surface area contributed by atoms with Crippen LogP contribution in [0.3, 0.4) is 0 Å². The normalized spacial score (nSPS) is 11.7. The number of Topliss-reactive ketones (excluding diaryl/α,β-unsaturated/α-hetero) is 1. The zero-order valence-electron chi connectivity index (χ0n) is 9.31. The summed E-state index contributed by atoms with van der Waals surface area (Å²) in [6.45, 7) is 0. The average Bonchev–Trinajstić information content (AvgIpc) is 2.28. The Bertz CT molecular complexity index is 459. The maximum Gasteiger partial charge on any atom is 0.573 e. The first-order chi connectivity index (χ1) is 8.73. The third kappa shape index (κ3) is 5.14. The van der Waals surface area contributed by atoms with Crippen molar-refractivity contribution in [2.75, 3.05) is 5.33 Å². The Morgan fingerprint density at radius 2 is 1.95 bits per heavy atom. The van der Waals surface area contributed by atoms with Crippen molar-refractivity contribution in [3.05, 3.63) is 29.3 Å². The Hall–Kier alpha value is -1.18. The number of alkyl halides is 6. The van der Waals surface area contributed by atoms with Gasteiger partial charge in [-0.1, -0.05) is 22.0 Å². The Kier molecular flexibility index (Phi) is 5.28. The van der Waals surface area contributed by atoms with Crippen molar-refractivity contribution < 1.29 is 31.5 Å². The van der Waals surface area contributed by atoms with Gasteiger partial charge in [0.15, 0.2) is 0 Å². The Morgan fingerprint density at radius 1 is 1.32 bits per heavy atom. The van der Waals surface area contributed by atoms with Crippen LogP contribution in [0.25, 0.3) is 0 Å². The number of ketones is 1. The van der Waals surface area contributed by atoms with Crippen LogP contribution >= 0.6 is 15.9 Å². The summed E-state index contributed by atoms with van der Waals surface area (Å²) < 4.78 is 64.9. The van der Waals surface area contributed by atoms with Crippen LogP contribution in [0.2, 0.25) is 0 Å². The molecule has 0 saturated heterocycles. The number of ether oxygens (including phenoxy) is 1. The maximum atomic E-state index is 12.7. The molecule has 1 aromatic rings. The highest BCUT2D eigenvalue weighted by molar-refractivity contribution is 9.09. The van der Waals surface area contributed by atoms with Crippen molar-refractivity contribution in [3.8, 4) is 5.75 Å². The van der Waals surface area contributed by atoms with Gasteiger partial charge >= 0.3 is 6.36 Å². The van der Waals surface area contributed by atoms with Crippen LogP contribution in [0, 0.1) is 0 Å². The molecule has 0 aliphatic heterocycles. The van der Waals surface area contributed by atoms with Gasteiger partial charge < -0.3 is 4.74 Å². The van der Waals surface area contributed by atoms with Gasteiger partial charge in [0, 0.05) is 12.0 Å². The maximum absolute atomic E-state index is 12.7. The highest BCUT2D eigenvalue weighted by Crippen LogP contribution is 2.30. The van der Waals surface area contributed by atoms with E-state index in [1.54, 1.807) is 0 Å². The molecule has 0 radical (unpaired) electrons. The van der Waals surface area contributed by atoms with E-state index in [1.807, 2.05) is 0 Å². The van der Waals surface area contributed by atoms with Gasteiger partial charge in [-0.25, -0.2) is 8.78 Å². The van der Waals surface area contributed by atoms with Gasteiger partial charge in [0.25, 0.3) is 6.43 Å². The highest BCUT2D eigenvalue weighted by Gasteiger charge is 2.31. The fourth-order valence-corrected chi connectivity index (χ4v) is 1.59. The summed E-state index contributed by atoms with van der Waals surface area (Å²) in [5.41, 5.74) is -0.662. The summed E-state index contributed by atoms with van der Waals surface area (Å²) in [4.78, 5) is 11.2. The Balaban J connectivity index is 3.04. The molecule has 0 aromatic heterocycles. The molecule has 0 amide bonds. The molecule has 1 aromatic carbocycles. The minimum atomic E-state index is -4.95. The predicted molar refractivity (Wildman–Crippen MR) is 60.6 cm³/mol. The van der Waals surface area contributed by atoms with Crippen molar-refractivity contribution in [2.24, 2.45) is 0 Å². The fourth-order valence-electron chi connectivity index (χ4n) is 1.39. The third-order valence-electron chi connectivity index (χ3n) is 2.12. The van der Waals surface area contributed by atoms with Crippen molar-refractivity contribution in [1.29, 1.82) is 0 Å². The van der Waals surface area contributed by atoms with E-state index in [9.17, 15) is 26.7 Å². The minimum Gasteiger partial charge on any atom is -0.406 e. The molecule has 0 heterocycles. The average molecular weight is 347 g/mol. The van der Waals surface area contributed by atoms with E-state index >= 15 is 0 Å². The summed E-state index contributed by atoms with van der Waals surface area (Å²) >= 11 is 2.88. The molecule has 2 nitrogen and oxygen atoms in total. The number of hydrogen-bond donors (Lipinski definition) is 0. The van der Waals surface area contributed by atoms with E-state index in [0.29, 0.717) is 6.07 Å². The lowest BCUT2D eigenvalue weighted by Gasteiger charge is -2.13. The van der Waals surface area contributed by atoms with E-state index in [-0.39, 0.29) is 23.1 Å². The van der Waals surface area contributed by atoms with Crippen molar-refractivity contribution in [1.82, 2.24) is 0 Å². The lowest BCUT2D eigenvalue weighted by Crippen LogP contribution is -2.17. The first-order valence-corrected chi connectivity index (χ1v) is 6.09. The van der Waals surface area contributed by atoms with E-state index < -0.39 is 24.1 Å². The zero-order chi connectivity index (χ0) is 14.6. The van der Waals surface area contributed by atoms with E-state index in [2.05, 4.69) is 20.7 Å². The first-order valence-electron chi connectivity index (χ1n) is 4.97. The number of hydrogen-bond acceptors (Lipinski definition) is 2. The van der Waals surface area contributed by atoms with E-state index in [4.69, 9.17) is 0 Å².